The van der Waals surface area contributed by atoms with Crippen LogP contribution in [0.2, 0.25) is 0 Å². The predicted molar refractivity (Wildman–Crippen MR) is 134 cm³/mol. The summed E-state index contributed by atoms with van der Waals surface area (Å²) in [5.74, 6) is 2.43. The van der Waals surface area contributed by atoms with Crippen LogP contribution in [0, 0.1) is 0 Å². The molecular weight excluding hydrogens is 428 g/mol. The Morgan fingerprint density at radius 3 is 2.50 bits per heavy atom. The second-order valence-electron chi connectivity index (χ2n) is 8.45. The number of nitrogens with zero attached hydrogens (tertiary/aromatic N) is 5. The largest absolute Gasteiger partial charge is 0.497 e. The summed E-state index contributed by atoms with van der Waals surface area (Å²) in [5, 5.41) is 9.39. The minimum Gasteiger partial charge on any atom is -0.497 e. The van der Waals surface area contributed by atoms with Crippen molar-refractivity contribution in [2.75, 3.05) is 44.1 Å². The Balaban J connectivity index is 1.50. The van der Waals surface area contributed by atoms with Crippen LogP contribution >= 0.6 is 0 Å². The van der Waals surface area contributed by atoms with E-state index in [0.717, 1.165) is 60.8 Å². The van der Waals surface area contributed by atoms with Crippen LogP contribution in [0.3, 0.4) is 0 Å². The van der Waals surface area contributed by atoms with Crippen LogP contribution in [0.1, 0.15) is 23.2 Å². The van der Waals surface area contributed by atoms with Gasteiger partial charge in [-0.1, -0.05) is 42.5 Å². The van der Waals surface area contributed by atoms with Crippen LogP contribution in [0.4, 0.5) is 11.8 Å². The van der Waals surface area contributed by atoms with Gasteiger partial charge in [0.15, 0.2) is 5.65 Å². The molecule has 0 spiro atoms. The van der Waals surface area contributed by atoms with Crippen LogP contribution in [-0.4, -0.2) is 53.7 Å². The Kier molecular flexibility index (Phi) is 6.58. The van der Waals surface area contributed by atoms with E-state index in [4.69, 9.17) is 24.5 Å². The third-order valence-electron chi connectivity index (χ3n) is 6.08. The molecule has 8 nitrogen and oxygen atoms in total. The molecule has 0 atom stereocenters. The molecule has 0 unspecified atom stereocenters. The Bertz CT molecular complexity index is 1240. The first-order valence-corrected chi connectivity index (χ1v) is 11.7. The highest BCUT2D eigenvalue weighted by Gasteiger charge is 2.27. The molecule has 8 heteroatoms. The molecule has 2 aromatic carbocycles. The number of hydrogen-bond acceptors (Lipinski definition) is 7. The Hall–Kier alpha value is -3.65. The molecule has 5 rings (SSSR count). The van der Waals surface area contributed by atoms with Crippen molar-refractivity contribution < 1.29 is 9.47 Å². The maximum atomic E-state index is 5.31. The van der Waals surface area contributed by atoms with Crippen molar-refractivity contribution in [3.8, 4) is 5.75 Å². The Labute approximate surface area is 199 Å². The van der Waals surface area contributed by atoms with Gasteiger partial charge in [0.2, 0.25) is 5.95 Å². The van der Waals surface area contributed by atoms with E-state index in [0.29, 0.717) is 19.1 Å². The van der Waals surface area contributed by atoms with Gasteiger partial charge < -0.3 is 19.7 Å². The third kappa shape index (κ3) is 4.68. The predicted octanol–water partition coefficient (Wildman–Crippen LogP) is 3.89. The lowest BCUT2D eigenvalue weighted by Gasteiger charge is -2.28. The topological polar surface area (TPSA) is 77.3 Å². The lowest BCUT2D eigenvalue weighted by atomic mass is 10.1. The van der Waals surface area contributed by atoms with Crippen LogP contribution in [0.5, 0.6) is 5.75 Å². The van der Waals surface area contributed by atoms with Gasteiger partial charge in [-0.2, -0.15) is 15.1 Å². The second kappa shape index (κ2) is 10.1. The molecule has 34 heavy (non-hydrogen) atoms. The minimum absolute atomic E-state index is 0.626. The van der Waals surface area contributed by atoms with E-state index in [1.54, 1.807) is 14.2 Å². The lowest BCUT2D eigenvalue weighted by molar-refractivity contribution is 0.197. The molecule has 1 N–H and O–H groups in total. The normalized spacial score (nSPS) is 12.8. The van der Waals surface area contributed by atoms with Crippen LogP contribution in [0.15, 0.2) is 54.6 Å². The first-order chi connectivity index (χ1) is 16.7. The number of aromatic nitrogens is 4. The second-order valence-corrected chi connectivity index (χ2v) is 8.45. The Morgan fingerprint density at radius 1 is 0.941 bits per heavy atom. The van der Waals surface area contributed by atoms with Gasteiger partial charge >= 0.3 is 0 Å². The zero-order valence-corrected chi connectivity index (χ0v) is 19.7. The fraction of sp³-hybridized carbons (Fsp3) is 0.346. The summed E-state index contributed by atoms with van der Waals surface area (Å²) in [7, 11) is 3.40. The molecule has 0 saturated carbocycles. The van der Waals surface area contributed by atoms with Gasteiger partial charge in [0.25, 0.3) is 0 Å². The van der Waals surface area contributed by atoms with Crippen molar-refractivity contribution in [1.29, 1.82) is 0 Å². The third-order valence-corrected chi connectivity index (χ3v) is 6.08. The number of ether oxygens (including phenoxy) is 2. The smallest absolute Gasteiger partial charge is 0.226 e. The van der Waals surface area contributed by atoms with Gasteiger partial charge in [0.1, 0.15) is 11.6 Å². The summed E-state index contributed by atoms with van der Waals surface area (Å²) in [5.41, 5.74) is 4.35. The van der Waals surface area contributed by atoms with Crippen molar-refractivity contribution in [2.24, 2.45) is 0 Å². The van der Waals surface area contributed by atoms with Crippen molar-refractivity contribution in [2.45, 2.75) is 25.9 Å². The Morgan fingerprint density at radius 2 is 1.74 bits per heavy atom. The molecule has 0 bridgehead atoms. The first kappa shape index (κ1) is 22.2. The lowest BCUT2D eigenvalue weighted by Crippen LogP contribution is -2.29. The molecule has 0 aliphatic carbocycles. The van der Waals surface area contributed by atoms with Crippen molar-refractivity contribution in [3.05, 3.63) is 71.4 Å². The molecule has 4 aromatic rings. The molecule has 0 amide bonds. The van der Waals surface area contributed by atoms with E-state index in [1.165, 1.54) is 11.1 Å². The molecule has 0 radical (unpaired) electrons. The van der Waals surface area contributed by atoms with Gasteiger partial charge in [-0.05, 0) is 29.7 Å². The molecule has 1 aliphatic heterocycles. The summed E-state index contributed by atoms with van der Waals surface area (Å²) in [4.78, 5) is 12.2. The number of anilines is 2. The highest BCUT2D eigenvalue weighted by atomic mass is 16.5. The quantitative estimate of drug-likeness (QED) is 0.361. The summed E-state index contributed by atoms with van der Waals surface area (Å²) in [6, 6.07) is 18.6. The van der Waals surface area contributed by atoms with Crippen LogP contribution in [0.25, 0.3) is 11.0 Å². The van der Waals surface area contributed by atoms with Gasteiger partial charge in [-0.15, -0.1) is 0 Å². The van der Waals surface area contributed by atoms with Gasteiger partial charge in [-0.25, -0.2) is 4.68 Å². The molecule has 0 fully saturated rings. The molecule has 3 heterocycles. The number of methoxy groups -OCH3 is 2. The molecule has 176 valence electrons. The molecule has 0 saturated heterocycles. The van der Waals surface area contributed by atoms with Crippen LogP contribution < -0.4 is 15.0 Å². The standard InChI is InChI=1S/C26H30N6O2/c1-33-16-6-14-27-26-28-24-23-22(13-15-31(24)17-20-9-11-21(34-2)12-10-20)30-32(25(23)29-26)18-19-7-4-3-5-8-19/h3-5,7-12H,6,13-18H2,1-2H3,(H,27,28,29). The zero-order valence-electron chi connectivity index (χ0n) is 19.7. The maximum absolute atomic E-state index is 5.31. The average Bonchev–Trinajstić information content (AvgIpc) is 3.22. The van der Waals surface area contributed by atoms with Crippen LogP contribution in [-0.2, 0) is 24.2 Å². The summed E-state index contributed by atoms with van der Waals surface area (Å²) in [6.07, 6.45) is 1.75. The van der Waals surface area contributed by atoms with E-state index >= 15 is 0 Å². The van der Waals surface area contributed by atoms with Crippen molar-refractivity contribution >= 4 is 22.8 Å². The molecular formula is C26H30N6O2. The minimum atomic E-state index is 0.626. The van der Waals surface area contributed by atoms with Crippen molar-refractivity contribution in [3.63, 3.8) is 0 Å². The van der Waals surface area contributed by atoms with Gasteiger partial charge in [-0.3, -0.25) is 0 Å². The van der Waals surface area contributed by atoms with Gasteiger partial charge in [0, 0.05) is 39.8 Å². The highest BCUT2D eigenvalue weighted by Crippen LogP contribution is 2.34. The number of hydrogen-bond donors (Lipinski definition) is 1. The number of rotatable bonds is 10. The van der Waals surface area contributed by atoms with E-state index < -0.39 is 0 Å². The maximum Gasteiger partial charge on any atom is 0.226 e. The monoisotopic (exact) mass is 458 g/mol. The zero-order chi connectivity index (χ0) is 23.3. The van der Waals surface area contributed by atoms with E-state index in [9.17, 15) is 0 Å². The van der Waals surface area contributed by atoms with Crippen molar-refractivity contribution in [1.82, 2.24) is 19.7 Å². The number of benzene rings is 2. The summed E-state index contributed by atoms with van der Waals surface area (Å²) < 4.78 is 12.5. The van der Waals surface area contributed by atoms with E-state index in [2.05, 4.69) is 46.6 Å². The number of nitrogens with one attached hydrogen (secondary N) is 1. The summed E-state index contributed by atoms with van der Waals surface area (Å²) in [6.45, 7) is 3.74. The molecule has 1 aliphatic rings. The molecule has 2 aromatic heterocycles. The SMILES string of the molecule is COCCCNc1nc2c3c(nn(Cc4ccccc4)c3n1)CCN2Cc1ccc(OC)cc1. The van der Waals surface area contributed by atoms with E-state index in [-0.39, 0.29) is 0 Å². The highest BCUT2D eigenvalue weighted by molar-refractivity contribution is 5.92. The average molecular weight is 459 g/mol. The van der Waals surface area contributed by atoms with E-state index in [1.807, 2.05) is 22.9 Å². The fourth-order valence-electron chi connectivity index (χ4n) is 4.34. The van der Waals surface area contributed by atoms with Gasteiger partial charge in [0.05, 0.1) is 24.7 Å². The fourth-order valence-corrected chi connectivity index (χ4v) is 4.34. The summed E-state index contributed by atoms with van der Waals surface area (Å²) >= 11 is 0. The first-order valence-electron chi connectivity index (χ1n) is 11.7.